The number of para-hydroxylation sites is 1. The van der Waals surface area contributed by atoms with Crippen molar-refractivity contribution >= 4 is 22.7 Å². The maximum atomic E-state index is 13.5. The molecule has 0 unspecified atom stereocenters. The number of hydrogen-bond acceptors (Lipinski definition) is 3. The van der Waals surface area contributed by atoms with Gasteiger partial charge in [-0.05, 0) is 43.7 Å². The van der Waals surface area contributed by atoms with Crippen LogP contribution in [0, 0.1) is 5.92 Å². The Morgan fingerprint density at radius 1 is 0.862 bits per heavy atom. The molecule has 1 saturated heterocycles. The number of carbonyl (C=O) groups is 2. The highest BCUT2D eigenvalue weighted by Gasteiger charge is 2.32. The van der Waals surface area contributed by atoms with Gasteiger partial charge in [0.15, 0.2) is 0 Å². The summed E-state index contributed by atoms with van der Waals surface area (Å²) in [4.78, 5) is 35.1. The highest BCUT2D eigenvalue weighted by Crippen LogP contribution is 2.31. The lowest BCUT2D eigenvalue weighted by Gasteiger charge is -2.37. The van der Waals surface area contributed by atoms with E-state index in [0.29, 0.717) is 32.1 Å². The smallest absolute Gasteiger partial charge is 0.255 e. The molecule has 0 radical (unpaired) electrons. The summed E-state index contributed by atoms with van der Waals surface area (Å²) >= 11 is 0. The molecule has 2 amide bonds. The zero-order chi connectivity index (χ0) is 19.8. The Hall–Kier alpha value is -2.43. The Morgan fingerprint density at radius 2 is 1.59 bits per heavy atom. The van der Waals surface area contributed by atoms with E-state index < -0.39 is 0 Å². The van der Waals surface area contributed by atoms with Crippen LogP contribution >= 0.6 is 0 Å². The Morgan fingerprint density at radius 3 is 2.38 bits per heavy atom. The van der Waals surface area contributed by atoms with Crippen LogP contribution in [0.15, 0.2) is 24.3 Å². The van der Waals surface area contributed by atoms with Gasteiger partial charge in [-0.3, -0.25) is 14.6 Å². The molecular formula is C24H29N3O2. The minimum Gasteiger partial charge on any atom is -0.339 e. The molecule has 0 N–H and O–H groups in total. The van der Waals surface area contributed by atoms with Crippen molar-refractivity contribution < 1.29 is 9.59 Å². The summed E-state index contributed by atoms with van der Waals surface area (Å²) in [5.74, 6) is 0.636. The topological polar surface area (TPSA) is 53.5 Å². The Labute approximate surface area is 172 Å². The zero-order valence-corrected chi connectivity index (χ0v) is 17.0. The van der Waals surface area contributed by atoms with Crippen LogP contribution in [-0.4, -0.2) is 52.8 Å². The number of pyridine rings is 1. The van der Waals surface area contributed by atoms with Crippen LogP contribution < -0.4 is 0 Å². The molecule has 152 valence electrons. The Kier molecular flexibility index (Phi) is 4.98. The number of benzene rings is 1. The lowest BCUT2D eigenvalue weighted by Crippen LogP contribution is -2.52. The molecule has 5 rings (SSSR count). The molecule has 0 atom stereocenters. The number of hydrogen-bond donors (Lipinski definition) is 0. The number of piperazine rings is 1. The van der Waals surface area contributed by atoms with E-state index in [1.807, 2.05) is 34.1 Å². The first kappa shape index (κ1) is 18.6. The standard InChI is InChI=1S/C24H29N3O2/c28-23(17-7-2-1-3-8-17)26-13-15-27(16-14-26)24(29)22-18-9-4-5-11-20(18)25-21-12-6-10-19(21)22/h4-5,9,11,17H,1-3,6-8,10,12-16H2. The molecule has 1 aromatic heterocycles. The van der Waals surface area contributed by atoms with Gasteiger partial charge < -0.3 is 9.80 Å². The van der Waals surface area contributed by atoms with Gasteiger partial charge in [-0.25, -0.2) is 0 Å². The maximum absolute atomic E-state index is 13.5. The van der Waals surface area contributed by atoms with Crippen molar-refractivity contribution in [2.45, 2.75) is 51.4 Å². The number of rotatable bonds is 2. The monoisotopic (exact) mass is 391 g/mol. The number of fused-ring (bicyclic) bond motifs is 2. The molecule has 5 nitrogen and oxygen atoms in total. The maximum Gasteiger partial charge on any atom is 0.255 e. The zero-order valence-electron chi connectivity index (χ0n) is 17.0. The van der Waals surface area contributed by atoms with Crippen molar-refractivity contribution in [3.63, 3.8) is 0 Å². The van der Waals surface area contributed by atoms with Gasteiger partial charge in [-0.15, -0.1) is 0 Å². The summed E-state index contributed by atoms with van der Waals surface area (Å²) in [6.45, 7) is 2.57. The largest absolute Gasteiger partial charge is 0.339 e. The van der Waals surface area contributed by atoms with Crippen LogP contribution in [0.25, 0.3) is 10.9 Å². The van der Waals surface area contributed by atoms with Crippen molar-refractivity contribution in [3.8, 4) is 0 Å². The van der Waals surface area contributed by atoms with Crippen LogP contribution in [0.2, 0.25) is 0 Å². The average molecular weight is 392 g/mol. The summed E-state index contributed by atoms with van der Waals surface area (Å²) in [5, 5.41) is 0.971. The number of carbonyl (C=O) groups excluding carboxylic acids is 2. The molecule has 0 spiro atoms. The number of amides is 2. The summed E-state index contributed by atoms with van der Waals surface area (Å²) in [6, 6.07) is 8.01. The molecule has 2 aliphatic carbocycles. The lowest BCUT2D eigenvalue weighted by atomic mass is 9.88. The molecule has 2 aromatic rings. The van der Waals surface area contributed by atoms with Gasteiger partial charge in [0.1, 0.15) is 0 Å². The van der Waals surface area contributed by atoms with Gasteiger partial charge in [0.05, 0.1) is 11.1 Å². The number of nitrogens with zero attached hydrogens (tertiary/aromatic N) is 3. The third-order valence-corrected chi connectivity index (χ3v) is 6.97. The minimum atomic E-state index is 0.117. The van der Waals surface area contributed by atoms with Crippen LogP contribution in [0.1, 0.15) is 60.1 Å². The number of aromatic nitrogens is 1. The predicted molar refractivity (Wildman–Crippen MR) is 113 cm³/mol. The SMILES string of the molecule is O=C(c1c2c(nc3ccccc13)CCC2)N1CCN(C(=O)C2CCCCC2)CC1. The van der Waals surface area contributed by atoms with Gasteiger partial charge >= 0.3 is 0 Å². The fourth-order valence-corrected chi connectivity index (χ4v) is 5.35. The molecule has 0 bridgehead atoms. The average Bonchev–Trinajstić information content (AvgIpc) is 3.25. The first-order valence-electron chi connectivity index (χ1n) is 11.2. The first-order valence-corrected chi connectivity index (χ1v) is 11.2. The summed E-state index contributed by atoms with van der Waals surface area (Å²) in [7, 11) is 0. The van der Waals surface area contributed by atoms with E-state index in [-0.39, 0.29) is 11.8 Å². The van der Waals surface area contributed by atoms with E-state index >= 15 is 0 Å². The van der Waals surface area contributed by atoms with Gasteiger partial charge in [0.2, 0.25) is 5.91 Å². The molecule has 1 aromatic carbocycles. The van der Waals surface area contributed by atoms with Gasteiger partial charge in [0.25, 0.3) is 5.91 Å². The second kappa shape index (κ2) is 7.77. The van der Waals surface area contributed by atoms with Gasteiger partial charge in [-0.1, -0.05) is 37.5 Å². The highest BCUT2D eigenvalue weighted by molar-refractivity contribution is 6.08. The molecule has 3 aliphatic rings. The normalized spacial score (nSPS) is 20.1. The summed E-state index contributed by atoms with van der Waals surface area (Å²) < 4.78 is 0. The molecule has 1 aliphatic heterocycles. The van der Waals surface area contributed by atoms with E-state index in [2.05, 4.69) is 0 Å². The van der Waals surface area contributed by atoms with Crippen molar-refractivity contribution in [2.75, 3.05) is 26.2 Å². The molecule has 1 saturated carbocycles. The van der Waals surface area contributed by atoms with Crippen molar-refractivity contribution in [2.24, 2.45) is 5.92 Å². The minimum absolute atomic E-state index is 0.117. The van der Waals surface area contributed by atoms with Crippen molar-refractivity contribution in [1.82, 2.24) is 14.8 Å². The van der Waals surface area contributed by atoms with Gasteiger partial charge in [-0.2, -0.15) is 0 Å². The van der Waals surface area contributed by atoms with Crippen LogP contribution in [-0.2, 0) is 17.6 Å². The van der Waals surface area contributed by atoms with E-state index in [1.165, 1.54) is 19.3 Å². The van der Waals surface area contributed by atoms with Crippen LogP contribution in [0.5, 0.6) is 0 Å². The molecule has 2 heterocycles. The Bertz CT molecular complexity index is 941. The molecule has 29 heavy (non-hydrogen) atoms. The van der Waals surface area contributed by atoms with Crippen LogP contribution in [0.3, 0.4) is 0 Å². The second-order valence-corrected chi connectivity index (χ2v) is 8.74. The number of aryl methyl sites for hydroxylation is 1. The van der Waals surface area contributed by atoms with Crippen LogP contribution in [0.4, 0.5) is 0 Å². The Balaban J connectivity index is 1.34. The van der Waals surface area contributed by atoms with E-state index in [9.17, 15) is 9.59 Å². The fourth-order valence-electron chi connectivity index (χ4n) is 5.35. The predicted octanol–water partition coefficient (Wildman–Crippen LogP) is 3.59. The second-order valence-electron chi connectivity index (χ2n) is 8.74. The van der Waals surface area contributed by atoms with E-state index in [1.54, 1.807) is 0 Å². The lowest BCUT2D eigenvalue weighted by molar-refractivity contribution is -0.138. The molecule has 5 heteroatoms. The first-order chi connectivity index (χ1) is 14.2. The van der Waals surface area contributed by atoms with Gasteiger partial charge in [0, 0.05) is 43.2 Å². The quantitative estimate of drug-likeness (QED) is 0.786. The third-order valence-electron chi connectivity index (χ3n) is 6.97. The van der Waals surface area contributed by atoms with Crippen molar-refractivity contribution in [3.05, 3.63) is 41.1 Å². The third kappa shape index (κ3) is 3.41. The molecule has 2 fully saturated rings. The summed E-state index contributed by atoms with van der Waals surface area (Å²) in [5.41, 5.74) is 4.02. The van der Waals surface area contributed by atoms with E-state index in [0.717, 1.165) is 59.8 Å². The van der Waals surface area contributed by atoms with E-state index in [4.69, 9.17) is 4.98 Å². The van der Waals surface area contributed by atoms with Crippen molar-refractivity contribution in [1.29, 1.82) is 0 Å². The summed E-state index contributed by atoms with van der Waals surface area (Å²) in [6.07, 6.45) is 8.65. The molecular weight excluding hydrogens is 362 g/mol. The fraction of sp³-hybridized carbons (Fsp3) is 0.542. The highest BCUT2D eigenvalue weighted by atomic mass is 16.2.